The van der Waals surface area contributed by atoms with Crippen LogP contribution in [0, 0.1) is 5.92 Å². The molecule has 0 spiro atoms. The van der Waals surface area contributed by atoms with Crippen molar-refractivity contribution in [2.75, 3.05) is 13.7 Å². The number of hydrogen-bond acceptors (Lipinski definition) is 14. The Bertz CT molecular complexity index is 1810. The number of ether oxygens (including phenoxy) is 9. The van der Waals surface area contributed by atoms with Crippen molar-refractivity contribution in [3.63, 3.8) is 0 Å². The molecule has 14 nitrogen and oxygen atoms in total. The van der Waals surface area contributed by atoms with E-state index in [1.165, 1.54) is 59.0 Å². The van der Waals surface area contributed by atoms with Crippen LogP contribution in [-0.2, 0) is 68.2 Å². The third kappa shape index (κ3) is 16.8. The van der Waals surface area contributed by atoms with E-state index < -0.39 is 87.9 Å². The van der Waals surface area contributed by atoms with Gasteiger partial charge in [0.05, 0.1) is 0 Å². The minimum absolute atomic E-state index is 0.00606. The molecule has 1 N–H and O–H groups in total. The van der Waals surface area contributed by atoms with Crippen molar-refractivity contribution in [3.05, 3.63) is 48.0 Å². The summed E-state index contributed by atoms with van der Waals surface area (Å²) in [5.41, 5.74) is -8.37. The molecule has 2 aliphatic rings. The molecule has 0 aliphatic carbocycles. The maximum Gasteiger partial charge on any atom is 0.346 e. The van der Waals surface area contributed by atoms with Gasteiger partial charge in [0.15, 0.2) is 5.79 Å². The molecule has 394 valence electrons. The van der Waals surface area contributed by atoms with Crippen molar-refractivity contribution in [3.8, 4) is 0 Å². The van der Waals surface area contributed by atoms with Gasteiger partial charge in [0.25, 0.3) is 0 Å². The number of hydrogen-bond donors (Lipinski definition) is 1. The molecule has 0 saturated carbocycles. The van der Waals surface area contributed by atoms with Gasteiger partial charge in [0, 0.05) is 33.0 Å². The van der Waals surface area contributed by atoms with E-state index in [1.54, 1.807) is 76.2 Å². The number of aliphatic hydroxyl groups is 1. The zero-order valence-corrected chi connectivity index (χ0v) is 45.0. The number of carbonyl (C=O) groups excluding carboxylic acids is 4. The quantitative estimate of drug-likeness (QED) is 0.0276. The summed E-state index contributed by atoms with van der Waals surface area (Å²) < 4.78 is 57.0. The van der Waals surface area contributed by atoms with Crippen LogP contribution in [0.2, 0.25) is 0 Å². The van der Waals surface area contributed by atoms with Crippen LogP contribution in [0.3, 0.4) is 0 Å². The standard InChI is InChI=1S/C55H90O14/c1-17-18-19-20-21-22-23-24-25-26-27-31-36-62-44-43(64-52(14,15)61-16)53(35-34-38(2)42(63-40(4)56)39(3)37-41-32-29-28-30-33-41)65-45(46(57)66-49(5,6)7)54(60,47(58)67-50(8,9)10)55(44,69-53)48(59)68-51(11,12)13/h28-30,32-33,39,42-45,60H,2,17-27,31,34-37H2,1,3-16H3/t39?,42?,43-,44-,45-,53-,54-,55-/m1/s1. The van der Waals surface area contributed by atoms with E-state index in [0.717, 1.165) is 31.2 Å². The first-order chi connectivity index (χ1) is 32.0. The third-order valence-electron chi connectivity index (χ3n) is 12.3. The largest absolute Gasteiger partial charge is 0.458 e. The average Bonchev–Trinajstić information content (AvgIpc) is 3.46. The molecule has 69 heavy (non-hydrogen) atoms. The Morgan fingerprint density at radius 1 is 0.739 bits per heavy atom. The van der Waals surface area contributed by atoms with Crippen LogP contribution in [0.4, 0.5) is 0 Å². The summed E-state index contributed by atoms with van der Waals surface area (Å²) in [6, 6.07) is 9.77. The predicted molar refractivity (Wildman–Crippen MR) is 264 cm³/mol. The number of esters is 4. The Labute approximate surface area is 414 Å². The van der Waals surface area contributed by atoms with Gasteiger partial charge in [-0.3, -0.25) is 4.79 Å². The van der Waals surface area contributed by atoms with Gasteiger partial charge in [0.1, 0.15) is 35.1 Å². The van der Waals surface area contributed by atoms with Crippen LogP contribution in [0.15, 0.2) is 42.5 Å². The molecule has 14 heteroatoms. The Kier molecular flexibility index (Phi) is 22.0. The fraction of sp³-hybridized carbons (Fsp3) is 0.782. The zero-order valence-electron chi connectivity index (χ0n) is 45.0. The smallest absolute Gasteiger partial charge is 0.346 e. The normalized spacial score (nSPS) is 24.8. The summed E-state index contributed by atoms with van der Waals surface area (Å²) in [5.74, 6) is -8.23. The van der Waals surface area contributed by atoms with E-state index in [2.05, 4.69) is 13.5 Å². The van der Waals surface area contributed by atoms with E-state index in [1.807, 2.05) is 37.3 Å². The maximum absolute atomic E-state index is 15.5. The molecule has 2 fully saturated rings. The maximum atomic E-state index is 15.5. The molecular formula is C55H90O14. The number of unbranched alkanes of at least 4 members (excludes halogenated alkanes) is 11. The van der Waals surface area contributed by atoms with Gasteiger partial charge < -0.3 is 47.7 Å². The molecule has 3 rings (SSSR count). The first-order valence-electron chi connectivity index (χ1n) is 25.5. The summed E-state index contributed by atoms with van der Waals surface area (Å²) in [7, 11) is 1.43. The van der Waals surface area contributed by atoms with Crippen LogP contribution in [-0.4, -0.2) is 107 Å². The van der Waals surface area contributed by atoms with Crippen molar-refractivity contribution in [2.24, 2.45) is 5.92 Å². The molecule has 8 atom stereocenters. The molecule has 2 bridgehead atoms. The van der Waals surface area contributed by atoms with E-state index in [4.69, 9.17) is 42.6 Å². The van der Waals surface area contributed by atoms with Gasteiger partial charge in [-0.05, 0) is 107 Å². The lowest BCUT2D eigenvalue weighted by Crippen LogP contribution is -2.79. The van der Waals surface area contributed by atoms with Crippen molar-refractivity contribution in [1.29, 1.82) is 0 Å². The molecule has 0 aromatic heterocycles. The van der Waals surface area contributed by atoms with Gasteiger partial charge in [-0.25, -0.2) is 14.4 Å². The fourth-order valence-corrected chi connectivity index (χ4v) is 9.02. The van der Waals surface area contributed by atoms with E-state index in [-0.39, 0.29) is 25.4 Å². The van der Waals surface area contributed by atoms with Crippen molar-refractivity contribution in [1.82, 2.24) is 0 Å². The number of rotatable bonds is 28. The van der Waals surface area contributed by atoms with E-state index in [9.17, 15) is 14.7 Å². The Balaban J connectivity index is 2.25. The van der Waals surface area contributed by atoms with Crippen LogP contribution in [0.5, 0.6) is 0 Å². The monoisotopic (exact) mass is 975 g/mol. The molecule has 1 aromatic rings. The number of benzene rings is 1. The molecule has 2 unspecified atom stereocenters. The lowest BCUT2D eigenvalue weighted by Gasteiger charge is -2.51. The topological polar surface area (TPSA) is 172 Å². The fourth-order valence-electron chi connectivity index (χ4n) is 9.02. The zero-order chi connectivity index (χ0) is 52.1. The van der Waals surface area contributed by atoms with Crippen molar-refractivity contribution >= 4 is 23.9 Å². The highest BCUT2D eigenvalue weighted by Crippen LogP contribution is 2.59. The van der Waals surface area contributed by atoms with Crippen LogP contribution in [0.1, 0.15) is 192 Å². The second-order valence-electron chi connectivity index (χ2n) is 22.6. The second-order valence-corrected chi connectivity index (χ2v) is 22.6. The Morgan fingerprint density at radius 3 is 1.74 bits per heavy atom. The Morgan fingerprint density at radius 2 is 1.25 bits per heavy atom. The van der Waals surface area contributed by atoms with Gasteiger partial charge in [-0.1, -0.05) is 121 Å². The highest BCUT2D eigenvalue weighted by atomic mass is 16.8. The molecule has 2 saturated heterocycles. The molecular weight excluding hydrogens is 885 g/mol. The lowest BCUT2D eigenvalue weighted by atomic mass is 9.74. The van der Waals surface area contributed by atoms with Gasteiger partial charge in [-0.2, -0.15) is 0 Å². The van der Waals surface area contributed by atoms with Crippen molar-refractivity contribution in [2.45, 2.75) is 257 Å². The summed E-state index contributed by atoms with van der Waals surface area (Å²) in [4.78, 5) is 57.9. The highest BCUT2D eigenvalue weighted by Gasteiger charge is 2.86. The first kappa shape index (κ1) is 59.9. The lowest BCUT2D eigenvalue weighted by molar-refractivity contribution is -0.387. The van der Waals surface area contributed by atoms with Crippen LogP contribution >= 0.6 is 0 Å². The summed E-state index contributed by atoms with van der Waals surface area (Å²) >= 11 is 0. The van der Waals surface area contributed by atoms with Gasteiger partial charge in [0.2, 0.25) is 23.1 Å². The second kappa shape index (κ2) is 25.3. The van der Waals surface area contributed by atoms with Gasteiger partial charge >= 0.3 is 23.9 Å². The molecule has 0 radical (unpaired) electrons. The minimum atomic E-state index is -3.31. The molecule has 2 aliphatic heterocycles. The number of fused-ring (bicyclic) bond motifs is 2. The third-order valence-corrected chi connectivity index (χ3v) is 12.3. The van der Waals surface area contributed by atoms with Crippen LogP contribution < -0.4 is 0 Å². The Hall–Kier alpha value is -3.40. The molecule has 1 aromatic carbocycles. The summed E-state index contributed by atoms with van der Waals surface area (Å²) in [5, 5.41) is 13.5. The van der Waals surface area contributed by atoms with Gasteiger partial charge in [-0.15, -0.1) is 0 Å². The molecule has 0 amide bonds. The molecule has 2 heterocycles. The number of carbonyl (C=O) groups is 4. The van der Waals surface area contributed by atoms with E-state index >= 15 is 9.59 Å². The van der Waals surface area contributed by atoms with E-state index in [0.29, 0.717) is 18.4 Å². The SMILES string of the molecule is C=C(CC[C@@]12O[C@H](C(=O)OC(C)(C)C)[C@@](O)(C(=O)OC(C)(C)C)[C@@](C(=O)OC(C)(C)C)(O1)[C@H](OCCCCCCCCCCCCCC)[C@H]2OC(C)(C)OC)C(OC(C)=O)C(C)Cc1ccccc1. The first-order valence-corrected chi connectivity index (χ1v) is 25.5. The van der Waals surface area contributed by atoms with Crippen molar-refractivity contribution < 1.29 is 66.9 Å². The summed E-state index contributed by atoms with van der Waals surface area (Å²) in [6.07, 6.45) is 7.21. The highest BCUT2D eigenvalue weighted by molar-refractivity contribution is 5.99. The summed E-state index contributed by atoms with van der Waals surface area (Å²) in [6.45, 7) is 27.7. The predicted octanol–water partition coefficient (Wildman–Crippen LogP) is 10.6. The van der Waals surface area contributed by atoms with Crippen LogP contribution in [0.25, 0.3) is 0 Å². The average molecular weight is 975 g/mol. The minimum Gasteiger partial charge on any atom is -0.458 e. The number of methoxy groups -OCH3 is 1.